The van der Waals surface area contributed by atoms with Crippen molar-refractivity contribution < 1.29 is 0 Å². The van der Waals surface area contributed by atoms with Crippen LogP contribution < -0.4 is 5.32 Å². The molecule has 0 saturated carbocycles. The second-order valence-electron chi connectivity index (χ2n) is 7.47. The molecule has 0 bridgehead atoms. The van der Waals surface area contributed by atoms with Crippen molar-refractivity contribution in [2.75, 3.05) is 45.8 Å². The molecular formula is C21H35N7. The molecule has 2 aromatic heterocycles. The molecule has 28 heavy (non-hydrogen) atoms. The van der Waals surface area contributed by atoms with Gasteiger partial charge in [0.05, 0.1) is 0 Å². The number of pyridine rings is 1. The zero-order chi connectivity index (χ0) is 19.8. The van der Waals surface area contributed by atoms with Gasteiger partial charge in [0.1, 0.15) is 5.82 Å². The summed E-state index contributed by atoms with van der Waals surface area (Å²) in [5.41, 5.74) is 0.908. The van der Waals surface area contributed by atoms with Crippen molar-refractivity contribution in [1.29, 1.82) is 0 Å². The molecule has 7 heteroatoms. The third-order valence-electron chi connectivity index (χ3n) is 5.54. The maximum absolute atomic E-state index is 4.89. The molecule has 2 aromatic rings. The lowest BCUT2D eigenvalue weighted by molar-refractivity contribution is 0.255. The molecule has 1 atom stereocenters. The van der Waals surface area contributed by atoms with Crippen LogP contribution in [-0.2, 0) is 6.42 Å². The molecule has 0 aromatic carbocycles. The van der Waals surface area contributed by atoms with E-state index < -0.39 is 0 Å². The molecule has 1 N–H and O–H groups in total. The Hall–Kier alpha value is -2.15. The molecule has 0 spiro atoms. The lowest BCUT2D eigenvalue weighted by Gasteiger charge is -2.24. The van der Waals surface area contributed by atoms with Gasteiger partial charge in [-0.25, -0.2) is 0 Å². The molecule has 0 amide bonds. The van der Waals surface area contributed by atoms with Gasteiger partial charge in [0.15, 0.2) is 11.6 Å². The van der Waals surface area contributed by atoms with Gasteiger partial charge in [-0.1, -0.05) is 19.9 Å². The summed E-state index contributed by atoms with van der Waals surface area (Å²) in [6.07, 6.45) is 5.14. The van der Waals surface area contributed by atoms with E-state index in [1.807, 2.05) is 24.4 Å². The van der Waals surface area contributed by atoms with Crippen molar-refractivity contribution in [3.63, 3.8) is 0 Å². The summed E-state index contributed by atoms with van der Waals surface area (Å²) in [6.45, 7) is 14.0. The molecule has 0 aliphatic carbocycles. The maximum Gasteiger partial charge on any atom is 0.193 e. The molecule has 3 heterocycles. The van der Waals surface area contributed by atoms with Crippen LogP contribution in [-0.4, -0.2) is 76.2 Å². The van der Waals surface area contributed by atoms with Gasteiger partial charge in [-0.15, -0.1) is 10.2 Å². The number of hydrogen-bond acceptors (Lipinski definition) is 4. The summed E-state index contributed by atoms with van der Waals surface area (Å²) in [7, 11) is 0. The van der Waals surface area contributed by atoms with Crippen molar-refractivity contribution in [3.8, 4) is 0 Å². The van der Waals surface area contributed by atoms with E-state index in [4.69, 9.17) is 4.99 Å². The predicted octanol–water partition coefficient (Wildman–Crippen LogP) is 2.29. The van der Waals surface area contributed by atoms with Crippen LogP contribution in [0.1, 0.15) is 39.4 Å². The fourth-order valence-electron chi connectivity index (χ4n) is 3.93. The number of aliphatic imine (C=N–C) groups is 1. The number of aryl methyl sites for hydroxylation is 1. The number of nitrogens with zero attached hydrogens (tertiary/aromatic N) is 6. The smallest absolute Gasteiger partial charge is 0.193 e. The Labute approximate surface area is 168 Å². The number of likely N-dealkylation sites (tertiary alicyclic amines) is 1. The highest BCUT2D eigenvalue weighted by atomic mass is 15.3. The summed E-state index contributed by atoms with van der Waals surface area (Å²) in [6, 6.07) is 5.99. The average Bonchev–Trinajstić information content (AvgIpc) is 3.35. The SMILES string of the molecule is CCNC(=NCCCc1nnc2ccccn12)N1CCC(CN(CC)CC)C1. The Balaban J connectivity index is 1.51. The molecule has 154 valence electrons. The highest BCUT2D eigenvalue weighted by molar-refractivity contribution is 5.80. The number of rotatable bonds is 9. The first-order valence-corrected chi connectivity index (χ1v) is 10.8. The van der Waals surface area contributed by atoms with Crippen LogP contribution in [0.4, 0.5) is 0 Å². The standard InChI is InChI=1S/C21H35N7/c1-4-22-21(27-15-12-18(17-27)16-26(5-2)6-3)23-13-9-11-20-25-24-19-10-7-8-14-28(19)20/h7-8,10,14,18H,4-6,9,11-13,15-17H2,1-3H3,(H,22,23). The Bertz CT molecular complexity index is 750. The summed E-state index contributed by atoms with van der Waals surface area (Å²) in [5, 5.41) is 12.0. The van der Waals surface area contributed by atoms with Crippen LogP contribution in [0.3, 0.4) is 0 Å². The molecule has 1 saturated heterocycles. The van der Waals surface area contributed by atoms with E-state index in [2.05, 4.69) is 50.5 Å². The normalized spacial score (nSPS) is 17.8. The van der Waals surface area contributed by atoms with Crippen LogP contribution in [0, 0.1) is 5.92 Å². The van der Waals surface area contributed by atoms with E-state index in [0.717, 1.165) is 75.5 Å². The van der Waals surface area contributed by atoms with Crippen LogP contribution in [0.2, 0.25) is 0 Å². The Morgan fingerprint density at radius 3 is 2.89 bits per heavy atom. The molecular weight excluding hydrogens is 350 g/mol. The molecule has 3 rings (SSSR count). The minimum absolute atomic E-state index is 0.742. The minimum atomic E-state index is 0.742. The Morgan fingerprint density at radius 2 is 2.11 bits per heavy atom. The first-order valence-electron chi connectivity index (χ1n) is 10.8. The van der Waals surface area contributed by atoms with E-state index in [9.17, 15) is 0 Å². The maximum atomic E-state index is 4.89. The molecule has 7 nitrogen and oxygen atoms in total. The summed E-state index contributed by atoms with van der Waals surface area (Å²) in [4.78, 5) is 9.85. The Morgan fingerprint density at radius 1 is 1.25 bits per heavy atom. The van der Waals surface area contributed by atoms with Gasteiger partial charge in [-0.05, 0) is 50.9 Å². The highest BCUT2D eigenvalue weighted by Crippen LogP contribution is 2.17. The average molecular weight is 386 g/mol. The van der Waals surface area contributed by atoms with E-state index in [-0.39, 0.29) is 0 Å². The van der Waals surface area contributed by atoms with E-state index in [1.165, 1.54) is 13.0 Å². The van der Waals surface area contributed by atoms with Crippen LogP contribution in [0.15, 0.2) is 29.4 Å². The number of nitrogens with one attached hydrogen (secondary N) is 1. The van der Waals surface area contributed by atoms with Gasteiger partial charge in [-0.2, -0.15) is 0 Å². The van der Waals surface area contributed by atoms with E-state index >= 15 is 0 Å². The molecule has 0 radical (unpaired) electrons. The second kappa shape index (κ2) is 10.4. The van der Waals surface area contributed by atoms with Crippen LogP contribution in [0.25, 0.3) is 5.65 Å². The first kappa shape index (κ1) is 20.6. The number of aromatic nitrogens is 3. The van der Waals surface area contributed by atoms with Gasteiger partial charge in [-0.3, -0.25) is 9.39 Å². The van der Waals surface area contributed by atoms with Gasteiger partial charge < -0.3 is 15.1 Å². The van der Waals surface area contributed by atoms with Crippen molar-refractivity contribution in [1.82, 2.24) is 29.7 Å². The van der Waals surface area contributed by atoms with Crippen molar-refractivity contribution in [2.45, 2.75) is 40.0 Å². The van der Waals surface area contributed by atoms with Crippen molar-refractivity contribution in [3.05, 3.63) is 30.2 Å². The Kier molecular flexibility index (Phi) is 7.65. The van der Waals surface area contributed by atoms with E-state index in [0.29, 0.717) is 0 Å². The van der Waals surface area contributed by atoms with Crippen LogP contribution >= 0.6 is 0 Å². The largest absolute Gasteiger partial charge is 0.357 e. The molecule has 1 aliphatic heterocycles. The number of guanidine groups is 1. The topological polar surface area (TPSA) is 61.1 Å². The number of hydrogen-bond donors (Lipinski definition) is 1. The third-order valence-corrected chi connectivity index (χ3v) is 5.54. The van der Waals surface area contributed by atoms with Crippen molar-refractivity contribution in [2.24, 2.45) is 10.9 Å². The summed E-state index contributed by atoms with van der Waals surface area (Å²) >= 11 is 0. The zero-order valence-electron chi connectivity index (χ0n) is 17.6. The lowest BCUT2D eigenvalue weighted by Crippen LogP contribution is -2.41. The highest BCUT2D eigenvalue weighted by Gasteiger charge is 2.25. The quantitative estimate of drug-likeness (QED) is 0.408. The molecule has 1 aliphatic rings. The molecule has 1 unspecified atom stereocenters. The fraction of sp³-hybridized carbons (Fsp3) is 0.667. The van der Waals surface area contributed by atoms with Gasteiger partial charge >= 0.3 is 0 Å². The lowest BCUT2D eigenvalue weighted by atomic mass is 10.1. The fourth-order valence-corrected chi connectivity index (χ4v) is 3.93. The summed E-state index contributed by atoms with van der Waals surface area (Å²) in [5.74, 6) is 2.82. The zero-order valence-corrected chi connectivity index (χ0v) is 17.6. The summed E-state index contributed by atoms with van der Waals surface area (Å²) < 4.78 is 2.06. The number of fused-ring (bicyclic) bond motifs is 1. The van der Waals surface area contributed by atoms with Gasteiger partial charge in [0.25, 0.3) is 0 Å². The molecule has 1 fully saturated rings. The van der Waals surface area contributed by atoms with E-state index in [1.54, 1.807) is 0 Å². The monoisotopic (exact) mass is 385 g/mol. The van der Waals surface area contributed by atoms with Gasteiger partial charge in [0, 0.05) is 45.3 Å². The predicted molar refractivity (Wildman–Crippen MR) is 115 cm³/mol. The van der Waals surface area contributed by atoms with Gasteiger partial charge in [0.2, 0.25) is 0 Å². The van der Waals surface area contributed by atoms with Crippen LogP contribution in [0.5, 0.6) is 0 Å². The third kappa shape index (κ3) is 5.22. The van der Waals surface area contributed by atoms with Crippen molar-refractivity contribution >= 4 is 11.6 Å². The minimum Gasteiger partial charge on any atom is -0.357 e. The second-order valence-corrected chi connectivity index (χ2v) is 7.47. The first-order chi connectivity index (χ1) is 13.7.